The monoisotopic (exact) mass is 367 g/mol. The Morgan fingerprint density at radius 3 is 3.00 bits per heavy atom. The average Bonchev–Trinajstić information content (AvgIpc) is 2.99. The van der Waals surface area contributed by atoms with Gasteiger partial charge in [0.1, 0.15) is 5.82 Å². The summed E-state index contributed by atoms with van der Waals surface area (Å²) < 4.78 is 0.799. The van der Waals surface area contributed by atoms with Crippen LogP contribution >= 0.6 is 27.3 Å². The van der Waals surface area contributed by atoms with Crippen molar-refractivity contribution in [2.75, 3.05) is 18.4 Å². The van der Waals surface area contributed by atoms with E-state index in [0.29, 0.717) is 17.9 Å². The Morgan fingerprint density at radius 2 is 2.29 bits per heavy atom. The third-order valence-corrected chi connectivity index (χ3v) is 4.09. The van der Waals surface area contributed by atoms with Gasteiger partial charge in [0.2, 0.25) is 0 Å². The maximum absolute atomic E-state index is 12.3. The highest BCUT2D eigenvalue weighted by Crippen LogP contribution is 2.18. The van der Waals surface area contributed by atoms with Gasteiger partial charge in [-0.2, -0.15) is 11.3 Å². The number of halogens is 1. The molecule has 0 aromatic carbocycles. The van der Waals surface area contributed by atoms with Crippen molar-refractivity contribution < 1.29 is 4.79 Å². The molecule has 6 heteroatoms. The maximum Gasteiger partial charge on any atom is 0.255 e. The number of nitrogens with zero attached hydrogens (tertiary/aromatic N) is 1. The summed E-state index contributed by atoms with van der Waals surface area (Å²) in [5, 5.41) is 10.3. The van der Waals surface area contributed by atoms with E-state index in [9.17, 15) is 4.79 Å². The summed E-state index contributed by atoms with van der Waals surface area (Å²) >= 11 is 5.03. The second kappa shape index (κ2) is 8.14. The van der Waals surface area contributed by atoms with E-state index in [0.717, 1.165) is 23.9 Å². The molecule has 2 N–H and O–H groups in total. The van der Waals surface area contributed by atoms with Crippen molar-refractivity contribution in [1.29, 1.82) is 0 Å². The fourth-order valence-electron chi connectivity index (χ4n) is 1.85. The SMILES string of the molecule is CCCNc1ncc(Br)cc1C(=O)NCCc1ccsc1. The van der Waals surface area contributed by atoms with Crippen LogP contribution in [0.15, 0.2) is 33.6 Å². The highest BCUT2D eigenvalue weighted by Gasteiger charge is 2.12. The molecular weight excluding hydrogens is 350 g/mol. The van der Waals surface area contributed by atoms with Crippen LogP contribution in [0.1, 0.15) is 29.3 Å². The quantitative estimate of drug-likeness (QED) is 0.784. The first-order chi connectivity index (χ1) is 10.2. The molecule has 0 saturated heterocycles. The lowest BCUT2D eigenvalue weighted by Crippen LogP contribution is -2.27. The van der Waals surface area contributed by atoms with Crippen LogP contribution in [0.4, 0.5) is 5.82 Å². The first-order valence-corrected chi connectivity index (χ1v) is 8.63. The van der Waals surface area contributed by atoms with Gasteiger partial charge < -0.3 is 10.6 Å². The summed E-state index contributed by atoms with van der Waals surface area (Å²) in [5.74, 6) is 0.533. The van der Waals surface area contributed by atoms with Crippen LogP contribution in [-0.2, 0) is 6.42 Å². The Hall–Kier alpha value is -1.40. The van der Waals surface area contributed by atoms with Crippen molar-refractivity contribution in [1.82, 2.24) is 10.3 Å². The van der Waals surface area contributed by atoms with Crippen LogP contribution in [0.3, 0.4) is 0 Å². The summed E-state index contributed by atoms with van der Waals surface area (Å²) in [6.07, 6.45) is 3.52. The van der Waals surface area contributed by atoms with E-state index in [2.05, 4.69) is 49.9 Å². The zero-order valence-corrected chi connectivity index (χ0v) is 14.3. The summed E-state index contributed by atoms with van der Waals surface area (Å²) in [6, 6.07) is 3.87. The van der Waals surface area contributed by atoms with Crippen LogP contribution < -0.4 is 10.6 Å². The van der Waals surface area contributed by atoms with Crippen molar-refractivity contribution in [2.24, 2.45) is 0 Å². The van der Waals surface area contributed by atoms with E-state index in [4.69, 9.17) is 0 Å². The molecule has 4 nitrogen and oxygen atoms in total. The van der Waals surface area contributed by atoms with Crippen molar-refractivity contribution >= 4 is 39.0 Å². The summed E-state index contributed by atoms with van der Waals surface area (Å²) in [7, 11) is 0. The lowest BCUT2D eigenvalue weighted by atomic mass is 10.2. The smallest absolute Gasteiger partial charge is 0.255 e. The topological polar surface area (TPSA) is 54.0 Å². The summed E-state index contributed by atoms with van der Waals surface area (Å²) in [6.45, 7) is 3.49. The van der Waals surface area contributed by atoms with Gasteiger partial charge in [-0.05, 0) is 57.2 Å². The Bertz CT molecular complexity index is 587. The molecular formula is C15H18BrN3OS. The molecule has 0 fully saturated rings. The lowest BCUT2D eigenvalue weighted by molar-refractivity contribution is 0.0954. The molecule has 1 amide bonds. The van der Waals surface area contributed by atoms with Crippen molar-refractivity contribution in [3.8, 4) is 0 Å². The number of pyridine rings is 1. The van der Waals surface area contributed by atoms with Gasteiger partial charge in [0.15, 0.2) is 0 Å². The predicted octanol–water partition coefficient (Wildman–Crippen LogP) is 3.70. The van der Waals surface area contributed by atoms with Gasteiger partial charge in [0, 0.05) is 23.8 Å². The van der Waals surface area contributed by atoms with Gasteiger partial charge in [-0.3, -0.25) is 4.79 Å². The second-order valence-corrected chi connectivity index (χ2v) is 6.31. The molecule has 0 aliphatic heterocycles. The van der Waals surface area contributed by atoms with E-state index < -0.39 is 0 Å². The maximum atomic E-state index is 12.3. The Morgan fingerprint density at radius 1 is 1.43 bits per heavy atom. The molecule has 0 aliphatic carbocycles. The fourth-order valence-corrected chi connectivity index (χ4v) is 2.88. The van der Waals surface area contributed by atoms with Crippen molar-refractivity contribution in [3.63, 3.8) is 0 Å². The van der Waals surface area contributed by atoms with Crippen LogP contribution in [0.5, 0.6) is 0 Å². The third kappa shape index (κ3) is 4.82. The predicted molar refractivity (Wildman–Crippen MR) is 91.1 cm³/mol. The number of nitrogens with one attached hydrogen (secondary N) is 2. The van der Waals surface area contributed by atoms with Crippen molar-refractivity contribution in [2.45, 2.75) is 19.8 Å². The molecule has 0 radical (unpaired) electrons. The normalized spacial score (nSPS) is 10.4. The first-order valence-electron chi connectivity index (χ1n) is 6.89. The molecule has 2 heterocycles. The molecule has 112 valence electrons. The van der Waals surface area contributed by atoms with Gasteiger partial charge in [0.25, 0.3) is 5.91 Å². The minimum atomic E-state index is -0.0994. The minimum Gasteiger partial charge on any atom is -0.369 e. The van der Waals surface area contributed by atoms with E-state index in [-0.39, 0.29) is 5.91 Å². The summed E-state index contributed by atoms with van der Waals surface area (Å²) in [4.78, 5) is 16.6. The molecule has 2 aromatic heterocycles. The Balaban J connectivity index is 1.98. The zero-order chi connectivity index (χ0) is 15.1. The largest absolute Gasteiger partial charge is 0.369 e. The van der Waals surface area contributed by atoms with Gasteiger partial charge in [-0.25, -0.2) is 4.98 Å². The van der Waals surface area contributed by atoms with Crippen molar-refractivity contribution in [3.05, 3.63) is 44.7 Å². The van der Waals surface area contributed by atoms with Crippen LogP contribution in [0, 0.1) is 0 Å². The van der Waals surface area contributed by atoms with Gasteiger partial charge >= 0.3 is 0 Å². The standard InChI is InChI=1S/C15H18BrN3OS/c1-2-5-17-14-13(8-12(16)9-19-14)15(20)18-6-3-11-4-7-21-10-11/h4,7-10H,2-3,5-6H2,1H3,(H,17,19)(H,18,20). The molecule has 0 spiro atoms. The Kier molecular flexibility index (Phi) is 6.20. The van der Waals surface area contributed by atoms with E-state index >= 15 is 0 Å². The van der Waals surface area contributed by atoms with E-state index in [1.54, 1.807) is 23.6 Å². The molecule has 2 rings (SSSR count). The number of thiophene rings is 1. The number of hydrogen-bond acceptors (Lipinski definition) is 4. The number of hydrogen-bond donors (Lipinski definition) is 2. The molecule has 0 atom stereocenters. The van der Waals surface area contributed by atoms with Gasteiger partial charge in [0.05, 0.1) is 5.56 Å². The molecule has 0 saturated carbocycles. The van der Waals surface area contributed by atoms with Gasteiger partial charge in [-0.15, -0.1) is 0 Å². The fraction of sp³-hybridized carbons (Fsp3) is 0.333. The molecule has 0 unspecified atom stereocenters. The number of carbonyl (C=O) groups is 1. The minimum absolute atomic E-state index is 0.0994. The van der Waals surface area contributed by atoms with Gasteiger partial charge in [-0.1, -0.05) is 6.92 Å². The number of carbonyl (C=O) groups excluding carboxylic acids is 1. The third-order valence-electron chi connectivity index (χ3n) is 2.92. The van der Waals surface area contributed by atoms with E-state index in [1.807, 2.05) is 5.38 Å². The van der Waals surface area contributed by atoms with Crippen LogP contribution in [0.25, 0.3) is 0 Å². The number of aromatic nitrogens is 1. The lowest BCUT2D eigenvalue weighted by Gasteiger charge is -2.11. The zero-order valence-electron chi connectivity index (χ0n) is 11.9. The molecule has 21 heavy (non-hydrogen) atoms. The number of anilines is 1. The van der Waals surface area contributed by atoms with Crippen LogP contribution in [-0.4, -0.2) is 24.0 Å². The summed E-state index contributed by atoms with van der Waals surface area (Å²) in [5.41, 5.74) is 1.82. The first kappa shape index (κ1) is 16.0. The number of rotatable bonds is 7. The molecule has 0 aliphatic rings. The molecule has 2 aromatic rings. The highest BCUT2D eigenvalue weighted by atomic mass is 79.9. The highest BCUT2D eigenvalue weighted by molar-refractivity contribution is 9.10. The molecule has 0 bridgehead atoms. The van der Waals surface area contributed by atoms with E-state index in [1.165, 1.54) is 5.56 Å². The average molecular weight is 368 g/mol. The number of amides is 1. The van der Waals surface area contributed by atoms with Crippen LogP contribution in [0.2, 0.25) is 0 Å². The Labute approximate surface area is 137 Å². The second-order valence-electron chi connectivity index (χ2n) is 4.61.